The van der Waals surface area contributed by atoms with Gasteiger partial charge in [-0.1, -0.05) is 0 Å². The zero-order chi connectivity index (χ0) is 18.1. The van der Waals surface area contributed by atoms with E-state index < -0.39 is 0 Å². The predicted molar refractivity (Wildman–Crippen MR) is 101 cm³/mol. The summed E-state index contributed by atoms with van der Waals surface area (Å²) >= 11 is 0. The van der Waals surface area contributed by atoms with Crippen molar-refractivity contribution in [3.8, 4) is 17.3 Å². The molecule has 0 spiro atoms. The minimum absolute atomic E-state index is 0.359. The van der Waals surface area contributed by atoms with Crippen molar-refractivity contribution in [2.24, 2.45) is 0 Å². The van der Waals surface area contributed by atoms with E-state index in [1.54, 1.807) is 25.4 Å². The summed E-state index contributed by atoms with van der Waals surface area (Å²) in [5.74, 6) is 1.38. The molecule has 1 aromatic carbocycles. The molecule has 3 heterocycles. The van der Waals surface area contributed by atoms with E-state index in [4.69, 9.17) is 20.9 Å². The second-order valence-electron chi connectivity index (χ2n) is 6.04. The number of anilines is 3. The summed E-state index contributed by atoms with van der Waals surface area (Å²) in [5.41, 5.74) is 15.0. The van der Waals surface area contributed by atoms with Crippen molar-refractivity contribution in [3.05, 3.63) is 30.5 Å². The van der Waals surface area contributed by atoms with Crippen LogP contribution in [0, 0.1) is 0 Å². The summed E-state index contributed by atoms with van der Waals surface area (Å²) in [5, 5.41) is 0.691. The fourth-order valence-electron chi connectivity index (χ4n) is 3.05. The lowest BCUT2D eigenvalue weighted by Gasteiger charge is -2.28. The highest BCUT2D eigenvalue weighted by Crippen LogP contribution is 2.31. The maximum atomic E-state index is 6.13. The highest BCUT2D eigenvalue weighted by atomic mass is 16.5. The quantitative estimate of drug-likeness (QED) is 0.685. The van der Waals surface area contributed by atoms with E-state index in [9.17, 15) is 0 Å². The molecule has 3 aromatic rings. The maximum absolute atomic E-state index is 6.13. The fraction of sp³-hybridized carbons (Fsp3) is 0.278. The van der Waals surface area contributed by atoms with Crippen LogP contribution < -0.4 is 21.1 Å². The molecule has 1 saturated heterocycles. The molecule has 1 aliphatic rings. The third kappa shape index (κ3) is 2.95. The van der Waals surface area contributed by atoms with E-state index in [0.29, 0.717) is 39.7 Å². The number of fused-ring (bicyclic) bond motifs is 1. The first-order chi connectivity index (χ1) is 12.7. The van der Waals surface area contributed by atoms with Crippen LogP contribution in [0.5, 0.6) is 5.75 Å². The fourth-order valence-corrected chi connectivity index (χ4v) is 3.05. The number of ether oxygens (including phenoxy) is 2. The maximum Gasteiger partial charge on any atom is 0.180 e. The monoisotopic (exact) mass is 352 g/mol. The van der Waals surface area contributed by atoms with Crippen molar-refractivity contribution in [2.45, 2.75) is 0 Å². The molecule has 0 radical (unpaired) electrons. The molecule has 26 heavy (non-hydrogen) atoms. The number of nitrogens with two attached hydrogens (primary N) is 2. The summed E-state index contributed by atoms with van der Waals surface area (Å²) in [6.45, 7) is 3.14. The second kappa shape index (κ2) is 6.64. The summed E-state index contributed by atoms with van der Waals surface area (Å²) in [6, 6.07) is 7.44. The van der Waals surface area contributed by atoms with Crippen LogP contribution >= 0.6 is 0 Å². The van der Waals surface area contributed by atoms with Crippen LogP contribution in [-0.2, 0) is 4.74 Å². The average Bonchev–Trinajstić information content (AvgIpc) is 2.69. The molecule has 0 unspecified atom stereocenters. The lowest BCUT2D eigenvalue weighted by Crippen LogP contribution is -2.36. The molecule has 1 fully saturated rings. The molecule has 4 N–H and O–H groups in total. The van der Waals surface area contributed by atoms with Gasteiger partial charge in [-0.05, 0) is 18.2 Å². The van der Waals surface area contributed by atoms with Gasteiger partial charge in [0.15, 0.2) is 5.82 Å². The normalized spacial score (nSPS) is 14.6. The molecular weight excluding hydrogens is 332 g/mol. The van der Waals surface area contributed by atoms with Crippen molar-refractivity contribution in [1.29, 1.82) is 0 Å². The molecule has 134 valence electrons. The molecule has 0 amide bonds. The predicted octanol–water partition coefficient (Wildman–Crippen LogP) is 1.70. The van der Waals surface area contributed by atoms with E-state index >= 15 is 0 Å². The van der Waals surface area contributed by atoms with Gasteiger partial charge in [-0.15, -0.1) is 0 Å². The lowest BCUT2D eigenvalue weighted by atomic mass is 10.2. The van der Waals surface area contributed by atoms with Crippen molar-refractivity contribution in [3.63, 3.8) is 0 Å². The molecule has 0 saturated carbocycles. The first-order valence-electron chi connectivity index (χ1n) is 8.35. The van der Waals surface area contributed by atoms with Gasteiger partial charge in [0.1, 0.15) is 17.3 Å². The largest absolute Gasteiger partial charge is 0.495 e. The third-order valence-corrected chi connectivity index (χ3v) is 4.43. The van der Waals surface area contributed by atoms with Crippen LogP contribution in [-0.4, -0.2) is 48.4 Å². The summed E-state index contributed by atoms with van der Waals surface area (Å²) < 4.78 is 10.7. The minimum atomic E-state index is 0.359. The van der Waals surface area contributed by atoms with E-state index in [2.05, 4.69) is 19.9 Å². The van der Waals surface area contributed by atoms with Crippen LogP contribution in [0.4, 0.5) is 17.2 Å². The van der Waals surface area contributed by atoms with Crippen LogP contribution in [0.25, 0.3) is 22.4 Å². The van der Waals surface area contributed by atoms with Gasteiger partial charge in [0.25, 0.3) is 0 Å². The van der Waals surface area contributed by atoms with Crippen LogP contribution in [0.1, 0.15) is 0 Å². The van der Waals surface area contributed by atoms with Crippen molar-refractivity contribution < 1.29 is 9.47 Å². The first-order valence-corrected chi connectivity index (χ1v) is 8.35. The standard InChI is InChI=1S/C18H20N6O2/c1-25-16-10-14-12(9-13(16)19)17(20)23-18(22-14)15-8-11(2-3-21-15)24-4-6-26-7-5-24/h2-3,8-10H,4-7,19H2,1H3,(H2,20,22,23). The minimum Gasteiger partial charge on any atom is -0.495 e. The zero-order valence-corrected chi connectivity index (χ0v) is 14.5. The highest BCUT2D eigenvalue weighted by molar-refractivity contribution is 5.93. The Morgan fingerprint density at radius 2 is 1.92 bits per heavy atom. The number of benzene rings is 1. The van der Waals surface area contributed by atoms with Crippen molar-refractivity contribution >= 4 is 28.1 Å². The van der Waals surface area contributed by atoms with Crippen molar-refractivity contribution in [2.75, 3.05) is 49.8 Å². The number of rotatable bonds is 3. The van der Waals surface area contributed by atoms with Gasteiger partial charge < -0.3 is 25.8 Å². The molecule has 0 aliphatic carbocycles. The van der Waals surface area contributed by atoms with Gasteiger partial charge in [-0.25, -0.2) is 9.97 Å². The van der Waals surface area contributed by atoms with Crippen molar-refractivity contribution in [1.82, 2.24) is 15.0 Å². The number of hydrogen-bond acceptors (Lipinski definition) is 8. The Balaban J connectivity index is 1.77. The average molecular weight is 352 g/mol. The zero-order valence-electron chi connectivity index (χ0n) is 14.5. The number of aromatic nitrogens is 3. The molecule has 0 bridgehead atoms. The molecule has 0 atom stereocenters. The van der Waals surface area contributed by atoms with Crippen LogP contribution in [0.2, 0.25) is 0 Å². The van der Waals surface area contributed by atoms with E-state index in [-0.39, 0.29) is 0 Å². The van der Waals surface area contributed by atoms with Gasteiger partial charge in [0.05, 0.1) is 31.5 Å². The topological polar surface area (TPSA) is 112 Å². The Labute approximate surface area is 150 Å². The summed E-state index contributed by atoms with van der Waals surface area (Å²) in [7, 11) is 1.57. The SMILES string of the molecule is COc1cc2nc(-c3cc(N4CCOCC4)ccn3)nc(N)c2cc1N. The molecule has 8 heteroatoms. The van der Waals surface area contributed by atoms with E-state index in [0.717, 1.165) is 32.0 Å². The Hall–Kier alpha value is -3.13. The Kier molecular flexibility index (Phi) is 4.18. The van der Waals surface area contributed by atoms with Gasteiger partial charge in [0, 0.05) is 36.4 Å². The third-order valence-electron chi connectivity index (χ3n) is 4.43. The van der Waals surface area contributed by atoms with Crippen LogP contribution in [0.15, 0.2) is 30.5 Å². The lowest BCUT2D eigenvalue weighted by molar-refractivity contribution is 0.122. The smallest absolute Gasteiger partial charge is 0.180 e. The van der Waals surface area contributed by atoms with E-state index in [1.807, 2.05) is 12.1 Å². The Morgan fingerprint density at radius 1 is 1.12 bits per heavy atom. The molecule has 8 nitrogen and oxygen atoms in total. The molecule has 2 aromatic heterocycles. The number of hydrogen-bond donors (Lipinski definition) is 2. The number of morpholine rings is 1. The van der Waals surface area contributed by atoms with E-state index in [1.165, 1.54) is 0 Å². The Morgan fingerprint density at radius 3 is 2.69 bits per heavy atom. The molecule has 1 aliphatic heterocycles. The van der Waals surface area contributed by atoms with Gasteiger partial charge in [-0.3, -0.25) is 4.98 Å². The van der Waals surface area contributed by atoms with Gasteiger partial charge in [0.2, 0.25) is 0 Å². The first kappa shape index (κ1) is 16.3. The molecular formula is C18H20N6O2. The second-order valence-corrected chi connectivity index (χ2v) is 6.04. The number of nitrogens with zero attached hydrogens (tertiary/aromatic N) is 4. The Bertz CT molecular complexity index is 956. The van der Waals surface area contributed by atoms with Gasteiger partial charge >= 0.3 is 0 Å². The number of pyridine rings is 1. The number of nitrogen functional groups attached to an aromatic ring is 2. The summed E-state index contributed by atoms with van der Waals surface area (Å²) in [6.07, 6.45) is 1.76. The molecule has 4 rings (SSSR count). The highest BCUT2D eigenvalue weighted by Gasteiger charge is 2.15. The summed E-state index contributed by atoms with van der Waals surface area (Å²) in [4.78, 5) is 15.7. The van der Waals surface area contributed by atoms with Gasteiger partial charge in [-0.2, -0.15) is 0 Å². The number of methoxy groups -OCH3 is 1. The van der Waals surface area contributed by atoms with Crippen LogP contribution in [0.3, 0.4) is 0 Å².